The zero-order valence-corrected chi connectivity index (χ0v) is 11.2. The molecule has 0 radical (unpaired) electrons. The van der Waals surface area contributed by atoms with Crippen molar-refractivity contribution in [3.63, 3.8) is 0 Å². The highest BCUT2D eigenvalue weighted by molar-refractivity contribution is 7.84. The Hall–Kier alpha value is -0.420. The van der Waals surface area contributed by atoms with Crippen LogP contribution in [0, 0.1) is 5.41 Å². The van der Waals surface area contributed by atoms with Gasteiger partial charge in [-0.05, 0) is 26.3 Å². The molecule has 2 N–H and O–H groups in total. The average Bonchev–Trinajstić information content (AvgIpc) is 2.74. The molecule has 1 rings (SSSR count). The summed E-state index contributed by atoms with van der Waals surface area (Å²) in [5, 5.41) is 6.18. The van der Waals surface area contributed by atoms with E-state index < -0.39 is 10.8 Å². The third-order valence-corrected chi connectivity index (χ3v) is 4.82. The Labute approximate surface area is 100 Å². The fourth-order valence-corrected chi connectivity index (χ4v) is 2.26. The molecular formula is C11H22N2O2S. The molecule has 0 aromatic heterocycles. The molecular weight excluding hydrogens is 224 g/mol. The van der Waals surface area contributed by atoms with E-state index in [-0.39, 0.29) is 16.6 Å². The third-order valence-electron chi connectivity index (χ3n) is 3.52. The monoisotopic (exact) mass is 246 g/mol. The largest absolute Gasteiger partial charge is 0.354 e. The molecule has 5 heteroatoms. The minimum absolute atomic E-state index is 0.0206. The number of nitrogens with one attached hydrogen (secondary N) is 2. The number of amides is 1. The molecule has 16 heavy (non-hydrogen) atoms. The fraction of sp³-hybridized carbons (Fsp3) is 0.909. The Bertz CT molecular complexity index is 275. The minimum atomic E-state index is -0.874. The molecule has 94 valence electrons. The molecule has 0 aromatic carbocycles. The van der Waals surface area contributed by atoms with E-state index in [1.807, 2.05) is 13.8 Å². The summed E-state index contributed by atoms with van der Waals surface area (Å²) in [4.78, 5) is 12.1. The van der Waals surface area contributed by atoms with Crippen LogP contribution in [0.15, 0.2) is 0 Å². The van der Waals surface area contributed by atoms with Crippen LogP contribution in [0.5, 0.6) is 0 Å². The summed E-state index contributed by atoms with van der Waals surface area (Å²) >= 11 is 0. The highest BCUT2D eigenvalue weighted by Gasteiger charge is 2.39. The van der Waals surface area contributed by atoms with Gasteiger partial charge in [-0.3, -0.25) is 9.00 Å². The maximum absolute atomic E-state index is 12.1. The zero-order chi connectivity index (χ0) is 12.2. The van der Waals surface area contributed by atoms with Gasteiger partial charge in [0.2, 0.25) is 5.91 Å². The number of carbonyl (C=O) groups excluding carboxylic acids is 1. The Morgan fingerprint density at radius 3 is 2.75 bits per heavy atom. The second-order valence-corrected chi connectivity index (χ2v) is 6.38. The van der Waals surface area contributed by atoms with Crippen molar-refractivity contribution in [3.05, 3.63) is 0 Å². The average molecular weight is 246 g/mol. The first-order valence-electron chi connectivity index (χ1n) is 5.83. The molecule has 0 aliphatic carbocycles. The van der Waals surface area contributed by atoms with Crippen molar-refractivity contribution in [2.24, 2.45) is 5.41 Å². The molecule has 1 fully saturated rings. The molecule has 1 saturated heterocycles. The van der Waals surface area contributed by atoms with Gasteiger partial charge in [0.05, 0.1) is 5.41 Å². The van der Waals surface area contributed by atoms with Gasteiger partial charge < -0.3 is 10.6 Å². The van der Waals surface area contributed by atoms with E-state index in [9.17, 15) is 9.00 Å². The highest BCUT2D eigenvalue weighted by atomic mass is 32.2. The molecule has 1 heterocycles. The second kappa shape index (κ2) is 5.77. The van der Waals surface area contributed by atoms with E-state index >= 15 is 0 Å². The standard InChI is InChI=1S/C11H22N2O2S/c1-4-11(5-6-12-8-11)10(14)13-7-9(2)16(3)15/h9,12H,4-8H2,1-3H3,(H,13,14). The molecule has 0 spiro atoms. The SMILES string of the molecule is CCC1(C(=O)NCC(C)S(C)=O)CCNC1. The van der Waals surface area contributed by atoms with Crippen LogP contribution in [-0.4, -0.2) is 41.3 Å². The molecule has 3 unspecified atom stereocenters. The zero-order valence-electron chi connectivity index (χ0n) is 10.3. The summed E-state index contributed by atoms with van der Waals surface area (Å²) in [6, 6.07) is 0. The Balaban J connectivity index is 2.48. The van der Waals surface area contributed by atoms with Crippen molar-refractivity contribution in [1.29, 1.82) is 0 Å². The number of carbonyl (C=O) groups is 1. The molecule has 0 bridgehead atoms. The predicted molar refractivity (Wildman–Crippen MR) is 66.7 cm³/mol. The lowest BCUT2D eigenvalue weighted by atomic mass is 9.83. The molecule has 1 amide bonds. The first-order valence-corrected chi connectivity index (χ1v) is 7.45. The Kier molecular flexibility index (Phi) is 4.92. The maximum atomic E-state index is 12.1. The van der Waals surface area contributed by atoms with Crippen LogP contribution < -0.4 is 10.6 Å². The van der Waals surface area contributed by atoms with Gasteiger partial charge >= 0.3 is 0 Å². The molecule has 1 aliphatic heterocycles. The molecule has 3 atom stereocenters. The van der Waals surface area contributed by atoms with Gasteiger partial charge in [-0.1, -0.05) is 6.92 Å². The van der Waals surface area contributed by atoms with Gasteiger partial charge in [0.15, 0.2) is 0 Å². The molecule has 0 aromatic rings. The normalized spacial score (nSPS) is 28.7. The lowest BCUT2D eigenvalue weighted by Crippen LogP contribution is -2.44. The van der Waals surface area contributed by atoms with Crippen molar-refractivity contribution in [3.8, 4) is 0 Å². The van der Waals surface area contributed by atoms with Gasteiger partial charge in [-0.25, -0.2) is 0 Å². The first-order chi connectivity index (χ1) is 7.52. The summed E-state index contributed by atoms with van der Waals surface area (Å²) < 4.78 is 11.2. The van der Waals surface area contributed by atoms with Gasteiger partial charge in [0, 0.05) is 35.4 Å². The summed E-state index contributed by atoms with van der Waals surface area (Å²) in [6.45, 7) is 6.12. The van der Waals surface area contributed by atoms with Crippen molar-refractivity contribution in [1.82, 2.24) is 10.6 Å². The van der Waals surface area contributed by atoms with E-state index in [2.05, 4.69) is 10.6 Å². The summed E-state index contributed by atoms with van der Waals surface area (Å²) in [5.41, 5.74) is -0.241. The van der Waals surface area contributed by atoms with E-state index in [4.69, 9.17) is 0 Å². The predicted octanol–water partition coefficient (Wildman–Crippen LogP) is 0.259. The van der Waals surface area contributed by atoms with Crippen LogP contribution in [0.25, 0.3) is 0 Å². The fourth-order valence-electron chi connectivity index (χ4n) is 1.94. The lowest BCUT2D eigenvalue weighted by molar-refractivity contribution is -0.130. The molecule has 1 aliphatic rings. The molecule has 4 nitrogen and oxygen atoms in total. The number of hydrogen-bond acceptors (Lipinski definition) is 3. The number of rotatable bonds is 5. The summed E-state index contributed by atoms with van der Waals surface area (Å²) in [7, 11) is -0.874. The van der Waals surface area contributed by atoms with Crippen LogP contribution >= 0.6 is 0 Å². The third kappa shape index (κ3) is 3.04. The van der Waals surface area contributed by atoms with Gasteiger partial charge in [-0.2, -0.15) is 0 Å². The van der Waals surface area contributed by atoms with Crippen molar-refractivity contribution in [2.45, 2.75) is 31.9 Å². The van der Waals surface area contributed by atoms with Crippen molar-refractivity contribution >= 4 is 16.7 Å². The number of hydrogen-bond donors (Lipinski definition) is 2. The van der Waals surface area contributed by atoms with Gasteiger partial charge in [-0.15, -0.1) is 0 Å². The first kappa shape index (κ1) is 13.6. The van der Waals surface area contributed by atoms with Crippen LogP contribution in [-0.2, 0) is 15.6 Å². The van der Waals surface area contributed by atoms with Crippen molar-refractivity contribution < 1.29 is 9.00 Å². The van der Waals surface area contributed by atoms with Gasteiger partial charge in [0.25, 0.3) is 0 Å². The van der Waals surface area contributed by atoms with E-state index in [1.165, 1.54) is 0 Å². The minimum Gasteiger partial charge on any atom is -0.354 e. The van der Waals surface area contributed by atoms with Crippen molar-refractivity contribution in [2.75, 3.05) is 25.9 Å². The van der Waals surface area contributed by atoms with Crippen LogP contribution in [0.1, 0.15) is 26.7 Å². The van der Waals surface area contributed by atoms with E-state index in [0.717, 1.165) is 25.9 Å². The van der Waals surface area contributed by atoms with Gasteiger partial charge in [0.1, 0.15) is 0 Å². The topological polar surface area (TPSA) is 58.2 Å². The van der Waals surface area contributed by atoms with Crippen LogP contribution in [0.3, 0.4) is 0 Å². The second-order valence-electron chi connectivity index (χ2n) is 4.58. The summed E-state index contributed by atoms with van der Waals surface area (Å²) in [5.74, 6) is 0.109. The van der Waals surface area contributed by atoms with E-state index in [0.29, 0.717) is 6.54 Å². The maximum Gasteiger partial charge on any atom is 0.227 e. The van der Waals surface area contributed by atoms with Crippen LogP contribution in [0.2, 0.25) is 0 Å². The lowest BCUT2D eigenvalue weighted by Gasteiger charge is -2.25. The summed E-state index contributed by atoms with van der Waals surface area (Å²) in [6.07, 6.45) is 3.43. The Morgan fingerprint density at radius 1 is 1.62 bits per heavy atom. The quantitative estimate of drug-likeness (QED) is 0.731. The van der Waals surface area contributed by atoms with Crippen LogP contribution in [0.4, 0.5) is 0 Å². The highest BCUT2D eigenvalue weighted by Crippen LogP contribution is 2.29. The Morgan fingerprint density at radius 2 is 2.31 bits per heavy atom. The van der Waals surface area contributed by atoms with E-state index in [1.54, 1.807) is 6.26 Å². The smallest absolute Gasteiger partial charge is 0.227 e. The molecule has 0 saturated carbocycles.